The number of methoxy groups -OCH3 is 1. The fraction of sp³-hybridized carbons (Fsp3) is 0.562. The Morgan fingerprint density at radius 3 is 3.08 bits per heavy atom. The first kappa shape index (κ1) is 17.4. The van der Waals surface area contributed by atoms with Crippen LogP contribution in [0.2, 0.25) is 0 Å². The van der Waals surface area contributed by atoms with Crippen LogP contribution in [0.4, 0.5) is 0 Å². The van der Waals surface area contributed by atoms with Gasteiger partial charge in [-0.3, -0.25) is 9.36 Å². The summed E-state index contributed by atoms with van der Waals surface area (Å²) in [7, 11) is 1.39. The molecule has 3 heterocycles. The minimum atomic E-state index is -0.267. The summed E-state index contributed by atoms with van der Waals surface area (Å²) in [5.41, 5.74) is 1.08. The summed E-state index contributed by atoms with van der Waals surface area (Å²) in [6, 6.07) is 2.16. The van der Waals surface area contributed by atoms with Crippen molar-refractivity contribution in [2.24, 2.45) is 0 Å². The van der Waals surface area contributed by atoms with E-state index in [1.54, 1.807) is 11.3 Å². The monoisotopic (exact) mass is 367 g/mol. The number of aromatic nitrogens is 3. The largest absolute Gasteiger partial charge is 0.468 e. The van der Waals surface area contributed by atoms with E-state index in [4.69, 9.17) is 9.47 Å². The molecule has 1 unspecified atom stereocenters. The van der Waals surface area contributed by atoms with Crippen LogP contribution in [-0.4, -0.2) is 46.3 Å². The first-order valence-electron chi connectivity index (χ1n) is 8.03. The first-order chi connectivity index (χ1) is 11.7. The molecule has 0 radical (unpaired) electrons. The third-order valence-corrected chi connectivity index (χ3v) is 5.96. The molecule has 0 bridgehead atoms. The number of thioether (sulfide) groups is 1. The lowest BCUT2D eigenvalue weighted by molar-refractivity contribution is -0.137. The summed E-state index contributed by atoms with van der Waals surface area (Å²) in [6.07, 6.45) is 3.32. The van der Waals surface area contributed by atoms with E-state index in [0.717, 1.165) is 42.4 Å². The van der Waals surface area contributed by atoms with Crippen LogP contribution in [0.25, 0.3) is 11.4 Å². The molecule has 24 heavy (non-hydrogen) atoms. The van der Waals surface area contributed by atoms with Crippen LogP contribution < -0.4 is 0 Å². The Kier molecular flexibility index (Phi) is 5.91. The molecule has 1 saturated heterocycles. The van der Waals surface area contributed by atoms with E-state index in [-0.39, 0.29) is 17.8 Å². The molecule has 1 aliphatic heterocycles. The number of thiophene rings is 1. The van der Waals surface area contributed by atoms with Crippen molar-refractivity contribution >= 4 is 29.1 Å². The summed E-state index contributed by atoms with van der Waals surface area (Å²) in [6.45, 7) is 3.67. The van der Waals surface area contributed by atoms with Gasteiger partial charge >= 0.3 is 5.97 Å². The molecule has 0 aliphatic carbocycles. The highest BCUT2D eigenvalue weighted by Crippen LogP contribution is 2.29. The molecule has 0 amide bonds. The molecule has 6 nitrogen and oxygen atoms in total. The minimum Gasteiger partial charge on any atom is -0.468 e. The Morgan fingerprint density at radius 1 is 1.54 bits per heavy atom. The summed E-state index contributed by atoms with van der Waals surface area (Å²) in [4.78, 5) is 12.8. The fourth-order valence-corrected chi connectivity index (χ4v) is 4.22. The van der Waals surface area contributed by atoms with Gasteiger partial charge in [-0.1, -0.05) is 18.7 Å². The molecule has 0 saturated carbocycles. The van der Waals surface area contributed by atoms with Gasteiger partial charge in [0.25, 0.3) is 0 Å². The quantitative estimate of drug-likeness (QED) is 0.554. The predicted molar refractivity (Wildman–Crippen MR) is 94.4 cm³/mol. The molecule has 0 N–H and O–H groups in total. The van der Waals surface area contributed by atoms with Gasteiger partial charge in [-0.25, -0.2) is 0 Å². The van der Waals surface area contributed by atoms with E-state index in [2.05, 4.69) is 33.1 Å². The third-order valence-electron chi connectivity index (χ3n) is 3.93. The van der Waals surface area contributed by atoms with Crippen LogP contribution in [0.1, 0.15) is 24.6 Å². The summed E-state index contributed by atoms with van der Waals surface area (Å²) in [5.74, 6) is 0.801. The number of carbonyl (C=O) groups is 1. The zero-order valence-corrected chi connectivity index (χ0v) is 15.5. The van der Waals surface area contributed by atoms with Crippen molar-refractivity contribution < 1.29 is 14.3 Å². The summed E-state index contributed by atoms with van der Waals surface area (Å²) in [5, 5.41) is 11.5. The minimum absolute atomic E-state index is 0.182. The second-order valence-corrected chi connectivity index (χ2v) is 7.51. The number of esters is 1. The van der Waals surface area contributed by atoms with Crippen molar-refractivity contribution in [1.82, 2.24) is 14.8 Å². The van der Waals surface area contributed by atoms with Crippen molar-refractivity contribution in [3.8, 4) is 11.4 Å². The normalized spacial score (nSPS) is 17.3. The molecule has 1 fully saturated rings. The molecule has 1 atom stereocenters. The molecule has 8 heteroatoms. The average molecular weight is 367 g/mol. The fourth-order valence-electron chi connectivity index (χ4n) is 2.63. The van der Waals surface area contributed by atoms with E-state index < -0.39 is 0 Å². The zero-order chi connectivity index (χ0) is 16.9. The average Bonchev–Trinajstić information content (AvgIpc) is 3.33. The highest BCUT2D eigenvalue weighted by Gasteiger charge is 2.22. The van der Waals surface area contributed by atoms with Crippen molar-refractivity contribution in [3.63, 3.8) is 0 Å². The molecule has 2 aromatic heterocycles. The second-order valence-electron chi connectivity index (χ2n) is 5.57. The second kappa shape index (κ2) is 8.13. The van der Waals surface area contributed by atoms with Gasteiger partial charge in [-0.15, -0.1) is 21.5 Å². The van der Waals surface area contributed by atoms with Crippen LogP contribution in [0.5, 0.6) is 0 Å². The SMILES string of the molecule is CCc1cc(-c2nnc(SCC(=O)OC)n2CC2CCCO2)cs1. The number of nitrogens with zero attached hydrogens (tertiary/aromatic N) is 3. The van der Waals surface area contributed by atoms with Gasteiger partial charge in [0.2, 0.25) is 0 Å². The van der Waals surface area contributed by atoms with Crippen LogP contribution in [0.3, 0.4) is 0 Å². The number of aryl methyl sites for hydroxylation is 1. The summed E-state index contributed by atoms with van der Waals surface area (Å²) >= 11 is 3.09. The van der Waals surface area contributed by atoms with Gasteiger partial charge in [0, 0.05) is 22.4 Å². The van der Waals surface area contributed by atoms with Crippen molar-refractivity contribution in [2.75, 3.05) is 19.5 Å². The van der Waals surface area contributed by atoms with E-state index in [1.807, 2.05) is 0 Å². The van der Waals surface area contributed by atoms with Crippen LogP contribution >= 0.6 is 23.1 Å². The maximum Gasteiger partial charge on any atom is 0.316 e. The van der Waals surface area contributed by atoms with Gasteiger partial charge < -0.3 is 9.47 Å². The van der Waals surface area contributed by atoms with E-state index in [9.17, 15) is 4.79 Å². The smallest absolute Gasteiger partial charge is 0.316 e. The van der Waals surface area contributed by atoms with Gasteiger partial charge in [0.1, 0.15) is 0 Å². The molecular weight excluding hydrogens is 346 g/mol. The standard InChI is InChI=1S/C16H21N3O3S2/c1-3-13-7-11(9-23-13)15-17-18-16(24-10-14(20)21-2)19(15)8-12-5-4-6-22-12/h7,9,12H,3-6,8,10H2,1-2H3. The first-order valence-corrected chi connectivity index (χ1v) is 9.90. The Balaban J connectivity index is 1.86. The lowest BCUT2D eigenvalue weighted by Crippen LogP contribution is -2.17. The number of hydrogen-bond acceptors (Lipinski definition) is 7. The number of hydrogen-bond donors (Lipinski definition) is 0. The van der Waals surface area contributed by atoms with Gasteiger partial charge in [-0.05, 0) is 25.3 Å². The Morgan fingerprint density at radius 2 is 2.42 bits per heavy atom. The lowest BCUT2D eigenvalue weighted by Gasteiger charge is -2.14. The van der Waals surface area contributed by atoms with E-state index >= 15 is 0 Å². The van der Waals surface area contributed by atoms with Crippen LogP contribution in [0, 0.1) is 0 Å². The highest BCUT2D eigenvalue weighted by molar-refractivity contribution is 7.99. The van der Waals surface area contributed by atoms with Gasteiger partial charge in [0.05, 0.1) is 25.5 Å². The van der Waals surface area contributed by atoms with E-state index in [1.165, 1.54) is 23.7 Å². The lowest BCUT2D eigenvalue weighted by atomic mass is 10.2. The topological polar surface area (TPSA) is 66.2 Å². The highest BCUT2D eigenvalue weighted by atomic mass is 32.2. The van der Waals surface area contributed by atoms with Crippen molar-refractivity contribution in [2.45, 2.75) is 44.0 Å². The summed E-state index contributed by atoms with van der Waals surface area (Å²) < 4.78 is 12.6. The molecule has 2 aromatic rings. The van der Waals surface area contributed by atoms with E-state index in [0.29, 0.717) is 6.54 Å². The van der Waals surface area contributed by atoms with Gasteiger partial charge in [-0.2, -0.15) is 0 Å². The van der Waals surface area contributed by atoms with Crippen LogP contribution in [-0.2, 0) is 27.2 Å². The number of rotatable bonds is 7. The zero-order valence-electron chi connectivity index (χ0n) is 13.9. The Bertz CT molecular complexity index is 693. The third kappa shape index (κ3) is 3.99. The predicted octanol–water partition coefficient (Wildman–Crippen LogP) is 3.01. The maximum atomic E-state index is 11.4. The number of carbonyl (C=O) groups excluding carboxylic acids is 1. The molecule has 0 aromatic carbocycles. The molecular formula is C16H21N3O3S2. The Hall–Kier alpha value is -1.38. The molecule has 0 spiro atoms. The molecule has 3 rings (SSSR count). The molecule has 1 aliphatic rings. The van der Waals surface area contributed by atoms with Gasteiger partial charge in [0.15, 0.2) is 11.0 Å². The van der Waals surface area contributed by atoms with Crippen molar-refractivity contribution in [3.05, 3.63) is 16.3 Å². The number of ether oxygens (including phenoxy) is 2. The van der Waals surface area contributed by atoms with Crippen LogP contribution in [0.15, 0.2) is 16.6 Å². The maximum absolute atomic E-state index is 11.4. The molecule has 130 valence electrons. The Labute approximate surface area is 149 Å². The van der Waals surface area contributed by atoms with Crippen molar-refractivity contribution in [1.29, 1.82) is 0 Å².